The summed E-state index contributed by atoms with van der Waals surface area (Å²) >= 11 is 0. The van der Waals surface area contributed by atoms with Crippen molar-refractivity contribution in [3.63, 3.8) is 0 Å². The van der Waals surface area contributed by atoms with Crippen LogP contribution in [0.5, 0.6) is 5.75 Å². The van der Waals surface area contributed by atoms with Crippen molar-refractivity contribution in [1.29, 1.82) is 0 Å². The zero-order valence-electron chi connectivity index (χ0n) is 31.9. The number of methoxy groups -OCH3 is 1. The van der Waals surface area contributed by atoms with Crippen molar-refractivity contribution >= 4 is 18.3 Å². The fourth-order valence-corrected chi connectivity index (χ4v) is 4.91. The molecular formula is C41H62N4O5. The average Bonchev–Trinajstić information content (AvgIpc) is 3.12. The van der Waals surface area contributed by atoms with E-state index in [1.54, 1.807) is 19.1 Å². The number of carbonyl (C=O) groups excluding carboxylic acids is 3. The van der Waals surface area contributed by atoms with Crippen LogP contribution in [0.2, 0.25) is 0 Å². The van der Waals surface area contributed by atoms with Crippen LogP contribution in [0.1, 0.15) is 62.8 Å². The Hall–Kier alpha value is -4.37. The van der Waals surface area contributed by atoms with E-state index >= 15 is 0 Å². The summed E-state index contributed by atoms with van der Waals surface area (Å²) < 4.78 is 11.0. The fraction of sp³-hybridized carbons (Fsp3) is 0.488. The first-order valence-electron chi connectivity index (χ1n) is 17.7. The molecule has 1 aliphatic rings. The lowest BCUT2D eigenvalue weighted by atomic mass is 10.0. The number of hydrogen-bond acceptors (Lipinski definition) is 5. The van der Waals surface area contributed by atoms with Gasteiger partial charge < -0.3 is 29.9 Å². The summed E-state index contributed by atoms with van der Waals surface area (Å²) in [5, 5.41) is 5.44. The molecule has 3 aromatic carbocycles. The molecule has 0 saturated carbocycles. The second-order valence-corrected chi connectivity index (χ2v) is 12.8. The number of para-hydroxylation sites is 1. The van der Waals surface area contributed by atoms with Crippen LogP contribution < -0.4 is 15.4 Å². The first-order valence-corrected chi connectivity index (χ1v) is 17.7. The lowest BCUT2D eigenvalue weighted by molar-refractivity contribution is -0.133. The van der Waals surface area contributed by atoms with Gasteiger partial charge in [0.15, 0.2) is 6.61 Å². The number of amides is 4. The maximum atomic E-state index is 12.2. The van der Waals surface area contributed by atoms with E-state index in [-0.39, 0.29) is 24.6 Å². The summed E-state index contributed by atoms with van der Waals surface area (Å²) in [5.41, 5.74) is 4.75. The molecule has 0 radical (unpaired) electrons. The number of rotatable bonds is 13. The van der Waals surface area contributed by atoms with E-state index in [1.807, 2.05) is 61.2 Å². The van der Waals surface area contributed by atoms with Gasteiger partial charge in [0.1, 0.15) is 5.75 Å². The summed E-state index contributed by atoms with van der Waals surface area (Å²) in [6, 6.07) is 27.0. The molecule has 2 unspecified atom stereocenters. The molecule has 1 aliphatic heterocycles. The van der Waals surface area contributed by atoms with E-state index in [1.165, 1.54) is 11.1 Å². The highest BCUT2D eigenvalue weighted by Gasteiger charge is 2.24. The Morgan fingerprint density at radius 1 is 0.960 bits per heavy atom. The van der Waals surface area contributed by atoms with E-state index in [2.05, 4.69) is 81.7 Å². The van der Waals surface area contributed by atoms with Crippen LogP contribution in [0, 0.1) is 26.7 Å². The first-order chi connectivity index (χ1) is 23.9. The van der Waals surface area contributed by atoms with Crippen molar-refractivity contribution < 1.29 is 23.9 Å². The fourth-order valence-electron chi connectivity index (χ4n) is 4.91. The number of urea groups is 1. The third-order valence-corrected chi connectivity index (χ3v) is 8.44. The normalized spacial score (nSPS) is 13.1. The van der Waals surface area contributed by atoms with E-state index in [0.717, 1.165) is 42.8 Å². The number of nitrogens with one attached hydrogen (secondary N) is 2. The van der Waals surface area contributed by atoms with Crippen molar-refractivity contribution in [2.75, 3.05) is 46.9 Å². The number of likely N-dealkylation sites (N-methyl/N-ethyl adjacent to an activating group) is 1. The first kappa shape index (κ1) is 43.7. The zero-order valence-corrected chi connectivity index (χ0v) is 31.9. The molecule has 9 nitrogen and oxygen atoms in total. The van der Waals surface area contributed by atoms with Gasteiger partial charge in [-0.1, -0.05) is 105 Å². The maximum Gasteiger partial charge on any atom is 0.317 e. The maximum absolute atomic E-state index is 12.2. The predicted octanol–water partition coefficient (Wildman–Crippen LogP) is 6.98. The molecule has 2 N–H and O–H groups in total. The Bertz CT molecular complexity index is 1330. The number of aryl methyl sites for hydroxylation is 4. The van der Waals surface area contributed by atoms with Crippen molar-refractivity contribution in [3.05, 3.63) is 101 Å². The molecule has 4 rings (SSSR count). The van der Waals surface area contributed by atoms with E-state index in [9.17, 15) is 14.4 Å². The highest BCUT2D eigenvalue weighted by molar-refractivity contribution is 5.77. The second kappa shape index (κ2) is 25.6. The van der Waals surface area contributed by atoms with Gasteiger partial charge in [-0.25, -0.2) is 4.79 Å². The summed E-state index contributed by atoms with van der Waals surface area (Å²) in [7, 11) is 3.31. The smallest absolute Gasteiger partial charge is 0.317 e. The summed E-state index contributed by atoms with van der Waals surface area (Å²) in [4.78, 5) is 37.3. The van der Waals surface area contributed by atoms with Crippen LogP contribution in [-0.2, 0) is 20.7 Å². The molecule has 0 aromatic heterocycles. The number of carbonyl (C=O) groups is 3. The van der Waals surface area contributed by atoms with Crippen LogP contribution in [0.4, 0.5) is 4.79 Å². The van der Waals surface area contributed by atoms with Crippen LogP contribution >= 0.6 is 0 Å². The van der Waals surface area contributed by atoms with Crippen molar-refractivity contribution in [2.45, 2.75) is 79.9 Å². The number of hydrogen-bond donors (Lipinski definition) is 2. The zero-order chi connectivity index (χ0) is 37.3. The Balaban J connectivity index is 0.000000380. The third-order valence-electron chi connectivity index (χ3n) is 8.44. The van der Waals surface area contributed by atoms with Crippen LogP contribution in [0.15, 0.2) is 78.9 Å². The molecule has 0 spiro atoms. The monoisotopic (exact) mass is 690 g/mol. The Morgan fingerprint density at radius 2 is 1.56 bits per heavy atom. The molecule has 1 fully saturated rings. The van der Waals surface area contributed by atoms with Gasteiger partial charge in [-0.05, 0) is 69.6 Å². The summed E-state index contributed by atoms with van der Waals surface area (Å²) in [6.07, 6.45) is 3.38. The summed E-state index contributed by atoms with van der Waals surface area (Å²) in [6.45, 7) is 17.3. The summed E-state index contributed by atoms with van der Waals surface area (Å²) in [5.74, 6) is 1.18. The Kier molecular flexibility index (Phi) is 22.3. The standard InChI is InChI=1S/C17H26N2O4.C9H18N2O.C8H10.C7H8/c1-13-6-5-7-14(2)17(13)23-11-16(21)19(3)10-15(22-4)8-9-18-12-20;1-7(2)8(3)11-6-4-5-10-9(11)12;1-2-8-6-4-3-5-7-8;1-7-5-3-2-4-6-7/h5-7,12,15H,8-11H2,1-4H3,(H,18,20);7-8H,4-6H2,1-3H3,(H,10,12);3-7H,2H2,1H3;2-6H,1H3. The van der Waals surface area contributed by atoms with Crippen LogP contribution in [0.3, 0.4) is 0 Å². The Morgan fingerprint density at radius 3 is 2.02 bits per heavy atom. The molecule has 50 heavy (non-hydrogen) atoms. The topological polar surface area (TPSA) is 100 Å². The number of ether oxygens (including phenoxy) is 2. The predicted molar refractivity (Wildman–Crippen MR) is 205 cm³/mol. The van der Waals surface area contributed by atoms with Gasteiger partial charge >= 0.3 is 6.03 Å². The van der Waals surface area contributed by atoms with Gasteiger partial charge in [0.2, 0.25) is 6.41 Å². The molecular weight excluding hydrogens is 628 g/mol. The van der Waals surface area contributed by atoms with Gasteiger partial charge in [-0.2, -0.15) is 0 Å². The third kappa shape index (κ3) is 17.9. The van der Waals surface area contributed by atoms with Crippen molar-refractivity contribution in [2.24, 2.45) is 5.92 Å². The lowest BCUT2D eigenvalue weighted by Gasteiger charge is -2.34. The average molecular weight is 691 g/mol. The van der Waals surface area contributed by atoms with Crippen molar-refractivity contribution in [3.8, 4) is 5.75 Å². The van der Waals surface area contributed by atoms with Crippen LogP contribution in [-0.4, -0.2) is 87.2 Å². The molecule has 1 heterocycles. The Labute approximate surface area is 301 Å². The van der Waals surface area contributed by atoms with Crippen molar-refractivity contribution in [1.82, 2.24) is 20.4 Å². The highest BCUT2D eigenvalue weighted by Crippen LogP contribution is 2.22. The van der Waals surface area contributed by atoms with Gasteiger partial charge in [0, 0.05) is 46.4 Å². The van der Waals surface area contributed by atoms with Gasteiger partial charge in [-0.3, -0.25) is 9.59 Å². The molecule has 0 bridgehead atoms. The molecule has 0 aliphatic carbocycles. The molecule has 3 aromatic rings. The van der Waals surface area contributed by atoms with E-state index in [4.69, 9.17) is 9.47 Å². The largest absolute Gasteiger partial charge is 0.483 e. The molecule has 4 amide bonds. The number of nitrogens with zero attached hydrogens (tertiary/aromatic N) is 2. The van der Waals surface area contributed by atoms with E-state index < -0.39 is 0 Å². The molecule has 9 heteroatoms. The minimum Gasteiger partial charge on any atom is -0.483 e. The van der Waals surface area contributed by atoms with Gasteiger partial charge in [0.25, 0.3) is 5.91 Å². The molecule has 2 atom stereocenters. The molecule has 276 valence electrons. The van der Waals surface area contributed by atoms with Gasteiger partial charge in [0.05, 0.1) is 6.10 Å². The lowest BCUT2D eigenvalue weighted by Crippen LogP contribution is -2.51. The van der Waals surface area contributed by atoms with E-state index in [0.29, 0.717) is 37.9 Å². The highest BCUT2D eigenvalue weighted by atomic mass is 16.5. The van der Waals surface area contributed by atoms with Gasteiger partial charge in [-0.15, -0.1) is 0 Å². The SMILES string of the molecule is CC(C)C(C)N1CCCNC1=O.CCc1ccccc1.COC(CCNC=O)CN(C)C(=O)COc1c(C)cccc1C.Cc1ccccc1. The minimum absolute atomic E-state index is 0.00871. The minimum atomic E-state index is -0.128. The molecule has 1 saturated heterocycles. The quantitative estimate of drug-likeness (QED) is 0.149. The number of benzene rings is 3. The second-order valence-electron chi connectivity index (χ2n) is 12.8. The van der Waals surface area contributed by atoms with Crippen LogP contribution in [0.25, 0.3) is 0 Å².